The Morgan fingerprint density at radius 2 is 2.18 bits per heavy atom. The summed E-state index contributed by atoms with van der Waals surface area (Å²) in [6.45, 7) is 1.81. The van der Waals surface area contributed by atoms with Gasteiger partial charge >= 0.3 is 0 Å². The Kier molecular flexibility index (Phi) is 3.34. The first-order valence-corrected chi connectivity index (χ1v) is 4.10. The van der Waals surface area contributed by atoms with Gasteiger partial charge in [-0.1, -0.05) is 0 Å². The molecule has 1 rings (SSSR count). The predicted octanol–water partition coefficient (Wildman–Crippen LogP) is 0.261. The maximum absolute atomic E-state index is 9.49. The predicted molar refractivity (Wildman–Crippen MR) is 41.8 cm³/mol. The quantitative estimate of drug-likeness (QED) is 0.569. The number of hydrogen-bond donors (Lipinski definition) is 2. The van der Waals surface area contributed by atoms with Crippen LogP contribution in [0, 0.1) is 17.2 Å². The summed E-state index contributed by atoms with van der Waals surface area (Å²) in [5.41, 5.74) is 0. The van der Waals surface area contributed by atoms with Gasteiger partial charge in [-0.25, -0.2) is 0 Å². The molecule has 0 amide bonds. The summed E-state index contributed by atoms with van der Waals surface area (Å²) in [6, 6.07) is 2.11. The second kappa shape index (κ2) is 4.32. The lowest BCUT2D eigenvalue weighted by atomic mass is 9.95. The normalized spacial score (nSPS) is 32.4. The molecule has 1 fully saturated rings. The molecule has 1 aliphatic heterocycles. The van der Waals surface area contributed by atoms with Crippen LogP contribution >= 0.6 is 0 Å². The van der Waals surface area contributed by atoms with Crippen LogP contribution in [0.4, 0.5) is 0 Å². The molecule has 62 valence electrons. The van der Waals surface area contributed by atoms with Crippen LogP contribution in [0.25, 0.3) is 0 Å². The molecular weight excluding hydrogens is 140 g/mol. The smallest absolute Gasteiger partial charge is 0.0625 e. The fourth-order valence-electron chi connectivity index (χ4n) is 1.45. The van der Waals surface area contributed by atoms with Crippen LogP contribution in [0.15, 0.2) is 0 Å². The summed E-state index contributed by atoms with van der Waals surface area (Å²) >= 11 is 0. The highest BCUT2D eigenvalue weighted by Gasteiger charge is 2.20. The minimum Gasteiger partial charge on any atom is -0.393 e. The van der Waals surface area contributed by atoms with Gasteiger partial charge in [-0.3, -0.25) is 0 Å². The molecule has 0 saturated carbocycles. The molecule has 2 atom stereocenters. The van der Waals surface area contributed by atoms with Crippen molar-refractivity contribution in [1.29, 1.82) is 5.26 Å². The molecule has 0 radical (unpaired) electrons. The average molecular weight is 154 g/mol. The van der Waals surface area contributed by atoms with Gasteiger partial charge in [0.25, 0.3) is 0 Å². The Labute approximate surface area is 67.0 Å². The van der Waals surface area contributed by atoms with Crippen molar-refractivity contribution in [3.8, 4) is 6.07 Å². The fraction of sp³-hybridized carbons (Fsp3) is 0.875. The van der Waals surface area contributed by atoms with Crippen molar-refractivity contribution in [3.63, 3.8) is 0 Å². The van der Waals surface area contributed by atoms with E-state index in [9.17, 15) is 5.11 Å². The van der Waals surface area contributed by atoms with Gasteiger partial charge in [0.2, 0.25) is 0 Å². The second-order valence-corrected chi connectivity index (χ2v) is 3.02. The topological polar surface area (TPSA) is 56.0 Å². The molecule has 2 N–H and O–H groups in total. The Balaban J connectivity index is 2.40. The molecule has 0 spiro atoms. The zero-order valence-electron chi connectivity index (χ0n) is 6.58. The van der Waals surface area contributed by atoms with Crippen molar-refractivity contribution in [2.24, 2.45) is 5.92 Å². The maximum Gasteiger partial charge on any atom is 0.0625 e. The molecule has 0 aromatic carbocycles. The summed E-state index contributed by atoms with van der Waals surface area (Å²) < 4.78 is 0. The zero-order chi connectivity index (χ0) is 8.10. The van der Waals surface area contributed by atoms with Crippen molar-refractivity contribution in [1.82, 2.24) is 5.32 Å². The minimum absolute atomic E-state index is 0.190. The van der Waals surface area contributed by atoms with Crippen LogP contribution in [0.3, 0.4) is 0 Å². The summed E-state index contributed by atoms with van der Waals surface area (Å²) in [7, 11) is 0. The van der Waals surface area contributed by atoms with Crippen molar-refractivity contribution < 1.29 is 5.11 Å². The number of rotatable bonds is 1. The zero-order valence-corrected chi connectivity index (χ0v) is 6.58. The van der Waals surface area contributed by atoms with E-state index in [1.54, 1.807) is 0 Å². The van der Waals surface area contributed by atoms with E-state index in [0.29, 0.717) is 6.42 Å². The van der Waals surface area contributed by atoms with Gasteiger partial charge in [-0.05, 0) is 31.8 Å². The molecule has 1 saturated heterocycles. The van der Waals surface area contributed by atoms with Crippen LogP contribution in [0.5, 0.6) is 0 Å². The van der Waals surface area contributed by atoms with E-state index >= 15 is 0 Å². The lowest BCUT2D eigenvalue weighted by Crippen LogP contribution is -2.19. The molecule has 1 heterocycles. The Bertz CT molecular complexity index is 153. The van der Waals surface area contributed by atoms with Gasteiger partial charge in [0, 0.05) is 6.42 Å². The monoisotopic (exact) mass is 154 g/mol. The number of nitriles is 1. The SMILES string of the molecule is N#CC[C@H]1CCNCC[C@@H]1O. The standard InChI is InChI=1S/C8H14N2O/c9-4-1-7-2-5-10-6-3-8(7)11/h7-8,10-11H,1-3,5-6H2/t7-,8-/m0/s1. The first kappa shape index (κ1) is 8.51. The molecule has 3 heteroatoms. The third-order valence-electron chi connectivity index (χ3n) is 2.21. The van der Waals surface area contributed by atoms with Gasteiger partial charge in [0.1, 0.15) is 0 Å². The molecule has 11 heavy (non-hydrogen) atoms. The lowest BCUT2D eigenvalue weighted by molar-refractivity contribution is 0.107. The van der Waals surface area contributed by atoms with Crippen LogP contribution in [0.1, 0.15) is 19.3 Å². The molecule has 1 aliphatic rings. The third kappa shape index (κ3) is 2.49. The van der Waals surface area contributed by atoms with Crippen molar-refractivity contribution in [2.45, 2.75) is 25.4 Å². The van der Waals surface area contributed by atoms with Crippen LogP contribution in [-0.2, 0) is 0 Å². The van der Waals surface area contributed by atoms with Crippen molar-refractivity contribution >= 4 is 0 Å². The first-order chi connectivity index (χ1) is 5.34. The summed E-state index contributed by atoms with van der Waals surface area (Å²) in [4.78, 5) is 0. The van der Waals surface area contributed by atoms with E-state index in [2.05, 4.69) is 11.4 Å². The fourth-order valence-corrected chi connectivity index (χ4v) is 1.45. The number of hydrogen-bond acceptors (Lipinski definition) is 3. The number of aliphatic hydroxyl groups is 1. The van der Waals surface area contributed by atoms with Gasteiger partial charge < -0.3 is 10.4 Å². The molecule has 0 aliphatic carbocycles. The van der Waals surface area contributed by atoms with E-state index < -0.39 is 0 Å². The van der Waals surface area contributed by atoms with E-state index in [4.69, 9.17) is 5.26 Å². The van der Waals surface area contributed by atoms with Gasteiger partial charge in [-0.2, -0.15) is 5.26 Å². The first-order valence-electron chi connectivity index (χ1n) is 4.10. The lowest BCUT2D eigenvalue weighted by Gasteiger charge is -2.15. The molecule has 0 unspecified atom stereocenters. The Morgan fingerprint density at radius 1 is 1.45 bits per heavy atom. The highest BCUT2D eigenvalue weighted by molar-refractivity contribution is 4.83. The summed E-state index contributed by atoms with van der Waals surface area (Å²) in [6.07, 6.45) is 1.92. The van der Waals surface area contributed by atoms with Gasteiger partial charge in [0.05, 0.1) is 12.2 Å². The second-order valence-electron chi connectivity index (χ2n) is 3.02. The third-order valence-corrected chi connectivity index (χ3v) is 2.21. The van der Waals surface area contributed by atoms with Crippen LogP contribution in [-0.4, -0.2) is 24.3 Å². The summed E-state index contributed by atoms with van der Waals surface area (Å²) in [5, 5.41) is 21.1. The molecule has 0 aromatic heterocycles. The highest BCUT2D eigenvalue weighted by Crippen LogP contribution is 2.17. The Hall–Kier alpha value is -0.590. The number of nitrogens with one attached hydrogen (secondary N) is 1. The van der Waals surface area contributed by atoms with E-state index in [1.807, 2.05) is 0 Å². The largest absolute Gasteiger partial charge is 0.393 e. The van der Waals surface area contributed by atoms with Gasteiger partial charge in [0.15, 0.2) is 0 Å². The molecule has 0 aromatic rings. The maximum atomic E-state index is 9.49. The Morgan fingerprint density at radius 3 is 2.91 bits per heavy atom. The average Bonchev–Trinajstić information content (AvgIpc) is 2.18. The molecule has 0 bridgehead atoms. The summed E-state index contributed by atoms with van der Waals surface area (Å²) in [5.74, 6) is 0.190. The van der Waals surface area contributed by atoms with E-state index in [1.165, 1.54) is 0 Å². The van der Waals surface area contributed by atoms with Crippen LogP contribution < -0.4 is 5.32 Å². The number of nitrogens with zero attached hydrogens (tertiary/aromatic N) is 1. The van der Waals surface area contributed by atoms with Crippen molar-refractivity contribution in [3.05, 3.63) is 0 Å². The van der Waals surface area contributed by atoms with Gasteiger partial charge in [-0.15, -0.1) is 0 Å². The van der Waals surface area contributed by atoms with Crippen LogP contribution in [0.2, 0.25) is 0 Å². The highest BCUT2D eigenvalue weighted by atomic mass is 16.3. The molecular formula is C8H14N2O. The molecule has 3 nitrogen and oxygen atoms in total. The van der Waals surface area contributed by atoms with E-state index in [0.717, 1.165) is 25.9 Å². The minimum atomic E-state index is -0.273. The van der Waals surface area contributed by atoms with E-state index in [-0.39, 0.29) is 12.0 Å². The van der Waals surface area contributed by atoms with Crippen molar-refractivity contribution in [2.75, 3.05) is 13.1 Å². The number of aliphatic hydroxyl groups excluding tert-OH is 1.